The molecule has 1 aliphatic heterocycles. The molecule has 1 saturated carbocycles. The molecule has 1 heterocycles. The summed E-state index contributed by atoms with van der Waals surface area (Å²) in [6, 6.07) is 16.6. The highest BCUT2D eigenvalue weighted by molar-refractivity contribution is 5.88. The molecule has 0 radical (unpaired) electrons. The van der Waals surface area contributed by atoms with E-state index in [1.54, 1.807) is 11.8 Å². The van der Waals surface area contributed by atoms with E-state index >= 15 is 0 Å². The van der Waals surface area contributed by atoms with Gasteiger partial charge in [0.2, 0.25) is 0 Å². The predicted octanol–water partition coefficient (Wildman–Crippen LogP) is 3.85. The van der Waals surface area contributed by atoms with Gasteiger partial charge in [0.1, 0.15) is 12.4 Å². The minimum absolute atomic E-state index is 0.0743. The van der Waals surface area contributed by atoms with Crippen molar-refractivity contribution in [1.82, 2.24) is 4.90 Å². The molecule has 0 N–H and O–H groups in total. The van der Waals surface area contributed by atoms with E-state index < -0.39 is 0 Å². The lowest BCUT2D eigenvalue weighted by molar-refractivity contribution is -0.122. The predicted molar refractivity (Wildman–Crippen MR) is 97.9 cm³/mol. The van der Waals surface area contributed by atoms with E-state index in [1.165, 1.54) is 22.3 Å². The first kappa shape index (κ1) is 15.6. The van der Waals surface area contributed by atoms with Gasteiger partial charge in [0.05, 0.1) is 5.41 Å². The Labute approximate surface area is 152 Å². The zero-order chi connectivity index (χ0) is 17.9. The number of Topliss-reactive ketones (excluding diaryl/α,β-unsaturated/α-hetero) is 1. The molecule has 26 heavy (non-hydrogen) atoms. The lowest BCUT2D eigenvalue weighted by Gasteiger charge is -2.21. The highest BCUT2D eigenvalue weighted by Gasteiger charge is 2.64. The summed E-state index contributed by atoms with van der Waals surface area (Å²) in [7, 11) is 0. The molecule has 2 fully saturated rings. The quantitative estimate of drug-likeness (QED) is 0.847. The van der Waals surface area contributed by atoms with Crippen LogP contribution in [0.25, 0.3) is 11.1 Å². The number of fused-ring (bicyclic) bond motifs is 4. The molecule has 2 aromatic rings. The van der Waals surface area contributed by atoms with Gasteiger partial charge in [-0.25, -0.2) is 4.79 Å². The molecule has 2 unspecified atom stereocenters. The van der Waals surface area contributed by atoms with Crippen molar-refractivity contribution in [2.45, 2.75) is 19.3 Å². The molecule has 2 aliphatic carbocycles. The Kier molecular flexibility index (Phi) is 3.27. The van der Waals surface area contributed by atoms with Crippen LogP contribution in [0, 0.1) is 11.3 Å². The maximum absolute atomic E-state index is 12.5. The molecule has 2 aromatic carbocycles. The van der Waals surface area contributed by atoms with Crippen molar-refractivity contribution in [1.29, 1.82) is 0 Å². The summed E-state index contributed by atoms with van der Waals surface area (Å²) in [5.41, 5.74) is 4.60. The summed E-state index contributed by atoms with van der Waals surface area (Å²) in [6.45, 7) is 3.14. The van der Waals surface area contributed by atoms with E-state index in [2.05, 4.69) is 24.3 Å². The Bertz CT molecular complexity index is 876. The SMILES string of the molecule is CC(=O)C12CC1CN(C(=O)OCC1c3ccccc3-c3ccccc31)C2. The molecule has 0 aromatic heterocycles. The van der Waals surface area contributed by atoms with Gasteiger partial charge in [-0.3, -0.25) is 4.79 Å². The Hall–Kier alpha value is -2.62. The van der Waals surface area contributed by atoms with Crippen molar-refractivity contribution in [2.75, 3.05) is 19.7 Å². The molecule has 132 valence electrons. The number of amides is 1. The number of likely N-dealkylation sites (tertiary alicyclic amines) is 1. The summed E-state index contributed by atoms with van der Waals surface area (Å²) in [5.74, 6) is 0.613. The van der Waals surface area contributed by atoms with Gasteiger partial charge in [0.15, 0.2) is 0 Å². The van der Waals surface area contributed by atoms with E-state index in [1.807, 2.05) is 24.3 Å². The number of piperidine rings is 1. The number of ketones is 1. The van der Waals surface area contributed by atoms with E-state index in [9.17, 15) is 9.59 Å². The van der Waals surface area contributed by atoms with Gasteiger partial charge < -0.3 is 9.64 Å². The maximum atomic E-state index is 12.5. The third-order valence-electron chi connectivity index (χ3n) is 6.44. The van der Waals surface area contributed by atoms with Gasteiger partial charge in [0.25, 0.3) is 0 Å². The molecule has 2 atom stereocenters. The second-order valence-electron chi connectivity index (χ2n) is 7.80. The number of hydrogen-bond acceptors (Lipinski definition) is 3. The minimum Gasteiger partial charge on any atom is -0.448 e. The molecule has 3 aliphatic rings. The molecule has 5 rings (SSSR count). The average Bonchev–Trinajstić information content (AvgIpc) is 3.09. The third-order valence-corrected chi connectivity index (χ3v) is 6.44. The van der Waals surface area contributed by atoms with Crippen LogP contribution in [0.3, 0.4) is 0 Å². The largest absolute Gasteiger partial charge is 0.448 e. The van der Waals surface area contributed by atoms with Gasteiger partial charge in [0, 0.05) is 19.0 Å². The second kappa shape index (κ2) is 5.44. The second-order valence-corrected chi connectivity index (χ2v) is 7.80. The van der Waals surface area contributed by atoms with E-state index in [4.69, 9.17) is 4.74 Å². The fourth-order valence-corrected chi connectivity index (χ4v) is 4.85. The normalized spacial score (nSPS) is 25.4. The van der Waals surface area contributed by atoms with Gasteiger partial charge in [-0.2, -0.15) is 0 Å². The Balaban J connectivity index is 1.32. The zero-order valence-electron chi connectivity index (χ0n) is 14.8. The van der Waals surface area contributed by atoms with Crippen molar-refractivity contribution in [3.8, 4) is 11.1 Å². The molecule has 0 bridgehead atoms. The van der Waals surface area contributed by atoms with Gasteiger partial charge >= 0.3 is 6.09 Å². The Morgan fingerprint density at radius 3 is 2.27 bits per heavy atom. The number of ether oxygens (including phenoxy) is 1. The topological polar surface area (TPSA) is 46.6 Å². The maximum Gasteiger partial charge on any atom is 0.409 e. The number of carbonyl (C=O) groups is 2. The number of carbonyl (C=O) groups excluding carboxylic acids is 2. The Morgan fingerprint density at radius 1 is 1.08 bits per heavy atom. The smallest absolute Gasteiger partial charge is 0.409 e. The van der Waals surface area contributed by atoms with Crippen molar-refractivity contribution in [2.24, 2.45) is 11.3 Å². The standard InChI is InChI=1S/C22H21NO3/c1-14(24)22-10-15(22)11-23(13-22)21(25)26-12-20-18-8-4-2-6-16(18)17-7-3-5-9-19(17)20/h2-9,15,20H,10-13H2,1H3. The summed E-state index contributed by atoms with van der Waals surface area (Å²) in [6.07, 6.45) is 0.634. The molecule has 1 amide bonds. The van der Waals surface area contributed by atoms with Crippen molar-refractivity contribution in [3.63, 3.8) is 0 Å². The van der Waals surface area contributed by atoms with Crippen LogP contribution < -0.4 is 0 Å². The minimum atomic E-state index is -0.292. The number of benzene rings is 2. The van der Waals surface area contributed by atoms with Crippen molar-refractivity contribution >= 4 is 11.9 Å². The van der Waals surface area contributed by atoms with Gasteiger partial charge in [-0.1, -0.05) is 48.5 Å². The first-order valence-corrected chi connectivity index (χ1v) is 9.21. The average molecular weight is 347 g/mol. The lowest BCUT2D eigenvalue weighted by atomic mass is 9.98. The van der Waals surface area contributed by atoms with E-state index in [0.29, 0.717) is 25.6 Å². The third kappa shape index (κ3) is 2.14. The molecular weight excluding hydrogens is 326 g/mol. The first-order valence-electron chi connectivity index (χ1n) is 9.21. The highest BCUT2D eigenvalue weighted by Crippen LogP contribution is 2.58. The van der Waals surface area contributed by atoms with Gasteiger partial charge in [-0.15, -0.1) is 0 Å². The van der Waals surface area contributed by atoms with Crippen LogP contribution in [0.1, 0.15) is 30.4 Å². The van der Waals surface area contributed by atoms with Crippen molar-refractivity contribution in [3.05, 3.63) is 59.7 Å². The van der Waals surface area contributed by atoms with Crippen LogP contribution in [0.2, 0.25) is 0 Å². The molecular formula is C22H21NO3. The van der Waals surface area contributed by atoms with Crippen LogP contribution in [0.15, 0.2) is 48.5 Å². The molecule has 4 nitrogen and oxygen atoms in total. The lowest BCUT2D eigenvalue weighted by Crippen LogP contribution is -2.34. The molecule has 4 heteroatoms. The highest BCUT2D eigenvalue weighted by atomic mass is 16.6. The van der Waals surface area contributed by atoms with Crippen LogP contribution in [0.4, 0.5) is 4.79 Å². The number of rotatable bonds is 3. The Morgan fingerprint density at radius 2 is 1.69 bits per heavy atom. The summed E-state index contributed by atoms with van der Waals surface area (Å²) in [5, 5.41) is 0. The zero-order valence-corrected chi connectivity index (χ0v) is 14.8. The van der Waals surface area contributed by atoms with E-state index in [0.717, 1.165) is 6.42 Å². The fraction of sp³-hybridized carbons (Fsp3) is 0.364. The van der Waals surface area contributed by atoms with Crippen LogP contribution in [-0.2, 0) is 9.53 Å². The number of nitrogens with zero attached hydrogens (tertiary/aromatic N) is 1. The fourth-order valence-electron chi connectivity index (χ4n) is 4.85. The van der Waals surface area contributed by atoms with Crippen LogP contribution >= 0.6 is 0 Å². The van der Waals surface area contributed by atoms with Gasteiger partial charge in [-0.05, 0) is 41.5 Å². The molecule has 0 spiro atoms. The van der Waals surface area contributed by atoms with Crippen LogP contribution in [0.5, 0.6) is 0 Å². The summed E-state index contributed by atoms with van der Waals surface area (Å²) < 4.78 is 5.69. The van der Waals surface area contributed by atoms with Crippen LogP contribution in [-0.4, -0.2) is 36.5 Å². The summed E-state index contributed by atoms with van der Waals surface area (Å²) in [4.78, 5) is 26.1. The summed E-state index contributed by atoms with van der Waals surface area (Å²) >= 11 is 0. The monoisotopic (exact) mass is 347 g/mol. The molecule has 1 saturated heterocycles. The first-order chi connectivity index (χ1) is 12.6. The van der Waals surface area contributed by atoms with Crippen molar-refractivity contribution < 1.29 is 14.3 Å². The van der Waals surface area contributed by atoms with E-state index in [-0.39, 0.29) is 23.2 Å². The number of hydrogen-bond donors (Lipinski definition) is 0.